The van der Waals surface area contributed by atoms with Crippen LogP contribution in [0.3, 0.4) is 0 Å². The van der Waals surface area contributed by atoms with Crippen molar-refractivity contribution in [2.24, 2.45) is 0 Å². The lowest BCUT2D eigenvalue weighted by Crippen LogP contribution is -2.32. The molecule has 2 nitrogen and oxygen atoms in total. The SMILES string of the molecule is O=CC1(O)CCCc2c(Cl)cccc21. The average molecular weight is 211 g/mol. The van der Waals surface area contributed by atoms with Gasteiger partial charge in [-0.1, -0.05) is 23.7 Å². The highest BCUT2D eigenvalue weighted by atomic mass is 35.5. The molecule has 0 fully saturated rings. The summed E-state index contributed by atoms with van der Waals surface area (Å²) in [7, 11) is 0. The maximum atomic E-state index is 10.9. The van der Waals surface area contributed by atoms with E-state index in [0.717, 1.165) is 18.4 Å². The Kier molecular flexibility index (Phi) is 2.33. The van der Waals surface area contributed by atoms with E-state index in [9.17, 15) is 9.90 Å². The van der Waals surface area contributed by atoms with E-state index in [4.69, 9.17) is 11.6 Å². The second kappa shape index (κ2) is 3.37. The Morgan fingerprint density at radius 2 is 2.29 bits per heavy atom. The fraction of sp³-hybridized carbons (Fsp3) is 0.364. The number of hydrogen-bond acceptors (Lipinski definition) is 2. The number of halogens is 1. The van der Waals surface area contributed by atoms with Crippen molar-refractivity contribution in [2.75, 3.05) is 0 Å². The number of carbonyl (C=O) groups excluding carboxylic acids is 1. The van der Waals surface area contributed by atoms with Crippen molar-refractivity contribution in [3.8, 4) is 0 Å². The monoisotopic (exact) mass is 210 g/mol. The molecule has 1 unspecified atom stereocenters. The van der Waals surface area contributed by atoms with Crippen LogP contribution in [0.25, 0.3) is 0 Å². The lowest BCUT2D eigenvalue weighted by atomic mass is 9.80. The van der Waals surface area contributed by atoms with Gasteiger partial charge in [0.25, 0.3) is 0 Å². The first-order valence-corrected chi connectivity index (χ1v) is 5.02. The van der Waals surface area contributed by atoms with Gasteiger partial charge in [-0.3, -0.25) is 4.79 Å². The molecule has 0 bridgehead atoms. The van der Waals surface area contributed by atoms with Crippen LogP contribution in [-0.4, -0.2) is 11.4 Å². The van der Waals surface area contributed by atoms with E-state index in [1.807, 2.05) is 0 Å². The van der Waals surface area contributed by atoms with Gasteiger partial charge in [0.1, 0.15) is 5.60 Å². The van der Waals surface area contributed by atoms with Crippen molar-refractivity contribution in [1.82, 2.24) is 0 Å². The second-order valence-electron chi connectivity index (χ2n) is 3.66. The summed E-state index contributed by atoms with van der Waals surface area (Å²) in [5.41, 5.74) is 0.264. The first kappa shape index (κ1) is 9.69. The standard InChI is InChI=1S/C11H11ClO2/c12-10-5-1-4-9-8(10)3-2-6-11(9,14)7-13/h1,4-5,7,14H,2-3,6H2. The van der Waals surface area contributed by atoms with E-state index in [2.05, 4.69) is 0 Å². The smallest absolute Gasteiger partial charge is 0.156 e. The topological polar surface area (TPSA) is 37.3 Å². The summed E-state index contributed by atoms with van der Waals surface area (Å²) in [5.74, 6) is 0. The van der Waals surface area contributed by atoms with Crippen LogP contribution in [0, 0.1) is 0 Å². The minimum atomic E-state index is -1.32. The Morgan fingerprint density at radius 1 is 1.50 bits per heavy atom. The lowest BCUT2D eigenvalue weighted by molar-refractivity contribution is -0.126. The summed E-state index contributed by atoms with van der Waals surface area (Å²) in [5, 5.41) is 10.7. The predicted molar refractivity (Wildman–Crippen MR) is 54.4 cm³/mol. The first-order chi connectivity index (χ1) is 6.67. The summed E-state index contributed by atoms with van der Waals surface area (Å²) in [6.45, 7) is 0. The molecule has 0 amide bonds. The van der Waals surface area contributed by atoms with Crippen molar-refractivity contribution >= 4 is 17.9 Å². The molecule has 14 heavy (non-hydrogen) atoms. The molecule has 1 aliphatic rings. The van der Waals surface area contributed by atoms with Gasteiger partial charge in [0.2, 0.25) is 0 Å². The minimum Gasteiger partial charge on any atom is -0.378 e. The third kappa shape index (κ3) is 1.35. The lowest BCUT2D eigenvalue weighted by Gasteiger charge is -2.30. The molecule has 3 heteroatoms. The summed E-state index contributed by atoms with van der Waals surface area (Å²) in [6.07, 6.45) is 2.74. The molecule has 0 saturated heterocycles. The zero-order valence-corrected chi connectivity index (χ0v) is 8.42. The third-order valence-electron chi connectivity index (χ3n) is 2.76. The fourth-order valence-electron chi connectivity index (χ4n) is 2.01. The van der Waals surface area contributed by atoms with Crippen molar-refractivity contribution in [2.45, 2.75) is 24.9 Å². The van der Waals surface area contributed by atoms with Crippen LogP contribution in [0.15, 0.2) is 18.2 Å². The Morgan fingerprint density at radius 3 is 3.00 bits per heavy atom. The average Bonchev–Trinajstić information content (AvgIpc) is 2.20. The molecular weight excluding hydrogens is 200 g/mol. The maximum Gasteiger partial charge on any atom is 0.156 e. The molecule has 0 heterocycles. The summed E-state index contributed by atoms with van der Waals surface area (Å²) >= 11 is 6.00. The van der Waals surface area contributed by atoms with Gasteiger partial charge in [0, 0.05) is 5.02 Å². The van der Waals surface area contributed by atoms with Gasteiger partial charge in [-0.15, -0.1) is 0 Å². The number of hydrogen-bond donors (Lipinski definition) is 1. The molecular formula is C11H11ClO2. The van der Waals surface area contributed by atoms with Crippen molar-refractivity contribution in [3.05, 3.63) is 34.3 Å². The third-order valence-corrected chi connectivity index (χ3v) is 3.12. The molecule has 0 aliphatic heterocycles. The zero-order valence-electron chi connectivity index (χ0n) is 7.66. The summed E-state index contributed by atoms with van der Waals surface area (Å²) in [4.78, 5) is 10.9. The van der Waals surface area contributed by atoms with Crippen LogP contribution >= 0.6 is 11.6 Å². The van der Waals surface area contributed by atoms with Gasteiger partial charge in [-0.05, 0) is 36.5 Å². The van der Waals surface area contributed by atoms with Gasteiger partial charge < -0.3 is 5.11 Å². The second-order valence-corrected chi connectivity index (χ2v) is 4.07. The molecule has 1 atom stereocenters. The van der Waals surface area contributed by atoms with Crippen LogP contribution in [-0.2, 0) is 16.8 Å². The van der Waals surface area contributed by atoms with E-state index < -0.39 is 5.60 Å². The molecule has 1 aromatic rings. The Labute approximate surface area is 87.5 Å². The largest absolute Gasteiger partial charge is 0.378 e. The normalized spacial score (nSPS) is 25.6. The van der Waals surface area contributed by atoms with Gasteiger partial charge >= 0.3 is 0 Å². The van der Waals surface area contributed by atoms with E-state index in [-0.39, 0.29) is 0 Å². The molecule has 1 aliphatic carbocycles. The highest BCUT2D eigenvalue weighted by molar-refractivity contribution is 6.31. The van der Waals surface area contributed by atoms with Gasteiger partial charge in [-0.25, -0.2) is 0 Å². The molecule has 0 radical (unpaired) electrons. The van der Waals surface area contributed by atoms with E-state index in [1.54, 1.807) is 18.2 Å². The van der Waals surface area contributed by atoms with Gasteiger partial charge in [0.05, 0.1) is 0 Å². The highest BCUT2D eigenvalue weighted by Crippen LogP contribution is 2.36. The number of benzene rings is 1. The number of aldehydes is 1. The van der Waals surface area contributed by atoms with Crippen LogP contribution in [0.4, 0.5) is 0 Å². The quantitative estimate of drug-likeness (QED) is 0.721. The van der Waals surface area contributed by atoms with E-state index in [0.29, 0.717) is 23.3 Å². The number of rotatable bonds is 1. The molecule has 0 saturated carbocycles. The van der Waals surface area contributed by atoms with E-state index >= 15 is 0 Å². The van der Waals surface area contributed by atoms with Crippen LogP contribution in [0.2, 0.25) is 5.02 Å². The number of carbonyl (C=O) groups is 1. The fourth-order valence-corrected chi connectivity index (χ4v) is 2.28. The summed E-state index contributed by atoms with van der Waals surface area (Å²) < 4.78 is 0. The van der Waals surface area contributed by atoms with Crippen molar-refractivity contribution in [3.63, 3.8) is 0 Å². The molecule has 1 aromatic carbocycles. The van der Waals surface area contributed by atoms with Gasteiger partial charge in [-0.2, -0.15) is 0 Å². The highest BCUT2D eigenvalue weighted by Gasteiger charge is 2.34. The number of aliphatic hydroxyl groups is 1. The van der Waals surface area contributed by atoms with Gasteiger partial charge in [0.15, 0.2) is 6.29 Å². The predicted octanol–water partition coefficient (Wildman–Crippen LogP) is 2.06. The molecule has 0 aromatic heterocycles. The molecule has 0 spiro atoms. The molecule has 1 N–H and O–H groups in total. The van der Waals surface area contributed by atoms with Crippen LogP contribution < -0.4 is 0 Å². The molecule has 2 rings (SSSR count). The number of fused-ring (bicyclic) bond motifs is 1. The minimum absolute atomic E-state index is 0.490. The van der Waals surface area contributed by atoms with Crippen LogP contribution in [0.5, 0.6) is 0 Å². The van der Waals surface area contributed by atoms with E-state index in [1.165, 1.54) is 0 Å². The summed E-state index contributed by atoms with van der Waals surface area (Å²) in [6, 6.07) is 5.33. The van der Waals surface area contributed by atoms with Crippen molar-refractivity contribution < 1.29 is 9.90 Å². The van der Waals surface area contributed by atoms with Crippen molar-refractivity contribution in [1.29, 1.82) is 0 Å². The maximum absolute atomic E-state index is 10.9. The van der Waals surface area contributed by atoms with Crippen LogP contribution in [0.1, 0.15) is 24.0 Å². The zero-order chi connectivity index (χ0) is 10.2. The Hall–Kier alpha value is -0.860. The Balaban J connectivity index is 2.60. The first-order valence-electron chi connectivity index (χ1n) is 4.64. The Bertz CT molecular complexity index is 376. The molecule has 74 valence electrons.